The van der Waals surface area contributed by atoms with Crippen molar-refractivity contribution in [1.82, 2.24) is 5.43 Å². The van der Waals surface area contributed by atoms with Crippen molar-refractivity contribution in [3.8, 4) is 0 Å². The normalized spacial score (nSPS) is 10.8. The molecule has 0 aliphatic rings. The average molecular weight is 372 g/mol. The van der Waals surface area contributed by atoms with Gasteiger partial charge in [-0.2, -0.15) is 5.10 Å². The number of rotatable bonds is 6. The Kier molecular flexibility index (Phi) is 6.92. The van der Waals surface area contributed by atoms with Gasteiger partial charge in [0.1, 0.15) is 0 Å². The maximum atomic E-state index is 12.1. The summed E-state index contributed by atoms with van der Waals surface area (Å²) in [5, 5.41) is 7.39. The number of anilines is 1. The lowest BCUT2D eigenvalue weighted by molar-refractivity contribution is -0.124. The molecule has 2 N–H and O–H groups in total. The fourth-order valence-corrected chi connectivity index (χ4v) is 2.72. The van der Waals surface area contributed by atoms with Crippen molar-refractivity contribution < 1.29 is 9.59 Å². The van der Waals surface area contributed by atoms with E-state index in [4.69, 9.17) is 11.6 Å². The molecule has 0 saturated carbocycles. The van der Waals surface area contributed by atoms with Crippen molar-refractivity contribution in [3.05, 3.63) is 63.7 Å². The van der Waals surface area contributed by atoms with Crippen LogP contribution in [-0.2, 0) is 9.59 Å². The molecule has 0 heterocycles. The van der Waals surface area contributed by atoms with E-state index < -0.39 is 0 Å². The molecular formula is C20H22ClN3O2. The van der Waals surface area contributed by atoms with Crippen LogP contribution in [0.4, 0.5) is 5.69 Å². The topological polar surface area (TPSA) is 70.6 Å². The SMILES string of the molecule is Cc1cc(C)c(NC(=O)CCC(=O)NN=Cc2ccc(Cl)cc2)c(C)c1. The standard InChI is InChI=1S/C20H22ClN3O2/c1-13-10-14(2)20(15(3)11-13)23-18(25)8-9-19(26)24-22-12-16-4-6-17(21)7-5-16/h4-7,10-12H,8-9H2,1-3H3,(H,23,25)(H,24,26). The van der Waals surface area contributed by atoms with E-state index in [1.165, 1.54) is 6.21 Å². The predicted molar refractivity (Wildman–Crippen MR) is 106 cm³/mol. The minimum Gasteiger partial charge on any atom is -0.326 e. The molecule has 2 amide bonds. The van der Waals surface area contributed by atoms with Crippen molar-refractivity contribution in [2.45, 2.75) is 33.6 Å². The number of benzene rings is 2. The fraction of sp³-hybridized carbons (Fsp3) is 0.250. The first kappa shape index (κ1) is 19.7. The number of hydrogen-bond acceptors (Lipinski definition) is 3. The van der Waals surface area contributed by atoms with Gasteiger partial charge in [-0.3, -0.25) is 9.59 Å². The number of aryl methyl sites for hydroxylation is 3. The Morgan fingerprint density at radius 2 is 1.58 bits per heavy atom. The lowest BCUT2D eigenvalue weighted by Crippen LogP contribution is -2.21. The summed E-state index contributed by atoms with van der Waals surface area (Å²) in [6.45, 7) is 5.92. The van der Waals surface area contributed by atoms with E-state index in [2.05, 4.69) is 15.8 Å². The van der Waals surface area contributed by atoms with Crippen LogP contribution in [0.5, 0.6) is 0 Å². The molecule has 2 aromatic rings. The monoisotopic (exact) mass is 371 g/mol. The Morgan fingerprint density at radius 3 is 2.19 bits per heavy atom. The smallest absolute Gasteiger partial charge is 0.240 e. The van der Waals surface area contributed by atoms with E-state index in [0.717, 1.165) is 27.9 Å². The number of nitrogens with one attached hydrogen (secondary N) is 2. The van der Waals surface area contributed by atoms with E-state index >= 15 is 0 Å². The Labute approximate surface area is 158 Å². The Bertz CT molecular complexity index is 806. The Balaban J connectivity index is 1.80. The molecule has 0 saturated heterocycles. The molecular weight excluding hydrogens is 350 g/mol. The first-order chi connectivity index (χ1) is 12.3. The van der Waals surface area contributed by atoms with Crippen LogP contribution < -0.4 is 10.7 Å². The van der Waals surface area contributed by atoms with Gasteiger partial charge in [0.05, 0.1) is 6.21 Å². The molecule has 0 unspecified atom stereocenters. The highest BCUT2D eigenvalue weighted by Crippen LogP contribution is 2.22. The quantitative estimate of drug-likeness (QED) is 0.592. The van der Waals surface area contributed by atoms with Gasteiger partial charge in [0.25, 0.3) is 0 Å². The molecule has 136 valence electrons. The van der Waals surface area contributed by atoms with Crippen LogP contribution in [0.1, 0.15) is 35.1 Å². The first-order valence-corrected chi connectivity index (χ1v) is 8.68. The summed E-state index contributed by atoms with van der Waals surface area (Å²) in [4.78, 5) is 23.9. The number of hydrogen-bond donors (Lipinski definition) is 2. The average Bonchev–Trinajstić information content (AvgIpc) is 2.58. The molecule has 0 bridgehead atoms. The first-order valence-electron chi connectivity index (χ1n) is 8.30. The van der Waals surface area contributed by atoms with Crippen LogP contribution in [-0.4, -0.2) is 18.0 Å². The molecule has 0 radical (unpaired) electrons. The molecule has 0 aliphatic heterocycles. The summed E-state index contributed by atoms with van der Waals surface area (Å²) < 4.78 is 0. The summed E-state index contributed by atoms with van der Waals surface area (Å²) in [5.41, 5.74) is 7.20. The molecule has 0 aromatic heterocycles. The van der Waals surface area contributed by atoms with Crippen LogP contribution in [0.3, 0.4) is 0 Å². The van der Waals surface area contributed by atoms with Crippen molar-refractivity contribution in [2.24, 2.45) is 5.10 Å². The zero-order valence-electron chi connectivity index (χ0n) is 15.1. The maximum Gasteiger partial charge on any atom is 0.240 e. The Morgan fingerprint density at radius 1 is 1.00 bits per heavy atom. The van der Waals surface area contributed by atoms with Crippen LogP contribution >= 0.6 is 11.6 Å². The van der Waals surface area contributed by atoms with E-state index in [1.54, 1.807) is 24.3 Å². The summed E-state index contributed by atoms with van der Waals surface area (Å²) in [6.07, 6.45) is 1.68. The summed E-state index contributed by atoms with van der Waals surface area (Å²) in [7, 11) is 0. The van der Waals surface area contributed by atoms with Crippen molar-refractivity contribution in [3.63, 3.8) is 0 Å². The van der Waals surface area contributed by atoms with Gasteiger partial charge >= 0.3 is 0 Å². The highest BCUT2D eigenvalue weighted by atomic mass is 35.5. The van der Waals surface area contributed by atoms with Crippen LogP contribution in [0.15, 0.2) is 41.5 Å². The largest absolute Gasteiger partial charge is 0.326 e. The molecule has 2 rings (SSSR count). The van der Waals surface area contributed by atoms with Crippen molar-refractivity contribution >= 4 is 35.3 Å². The lowest BCUT2D eigenvalue weighted by atomic mass is 10.0. The van der Waals surface area contributed by atoms with Crippen molar-refractivity contribution in [1.29, 1.82) is 0 Å². The highest BCUT2D eigenvalue weighted by molar-refractivity contribution is 6.30. The van der Waals surface area contributed by atoms with Crippen LogP contribution in [0.25, 0.3) is 0 Å². The van der Waals surface area contributed by atoms with Crippen LogP contribution in [0, 0.1) is 20.8 Å². The highest BCUT2D eigenvalue weighted by Gasteiger charge is 2.10. The molecule has 0 atom stereocenters. The number of hydrazone groups is 1. The molecule has 2 aromatic carbocycles. The number of carbonyl (C=O) groups excluding carboxylic acids is 2. The second-order valence-electron chi connectivity index (χ2n) is 6.17. The van der Waals surface area contributed by atoms with E-state index in [-0.39, 0.29) is 24.7 Å². The van der Waals surface area contributed by atoms with Gasteiger partial charge in [0, 0.05) is 23.6 Å². The minimum absolute atomic E-state index is 0.0632. The van der Waals surface area contributed by atoms with Gasteiger partial charge in [0.15, 0.2) is 0 Å². The van der Waals surface area contributed by atoms with Crippen molar-refractivity contribution in [2.75, 3.05) is 5.32 Å². The third kappa shape index (κ3) is 6.01. The Hall–Kier alpha value is -2.66. The third-order valence-electron chi connectivity index (χ3n) is 3.79. The molecule has 26 heavy (non-hydrogen) atoms. The van der Waals surface area contributed by atoms with Gasteiger partial charge in [0.2, 0.25) is 11.8 Å². The van der Waals surface area contributed by atoms with Crippen LogP contribution in [0.2, 0.25) is 5.02 Å². The van der Waals surface area contributed by atoms with Gasteiger partial charge in [-0.1, -0.05) is 41.4 Å². The minimum atomic E-state index is -0.317. The van der Waals surface area contributed by atoms with E-state index in [1.807, 2.05) is 32.9 Å². The molecule has 0 spiro atoms. The number of halogens is 1. The third-order valence-corrected chi connectivity index (χ3v) is 4.05. The van der Waals surface area contributed by atoms with E-state index in [0.29, 0.717) is 5.02 Å². The van der Waals surface area contributed by atoms with Gasteiger partial charge in [-0.15, -0.1) is 0 Å². The number of amides is 2. The summed E-state index contributed by atoms with van der Waals surface area (Å²) >= 11 is 5.80. The zero-order chi connectivity index (χ0) is 19.1. The molecule has 0 aliphatic carbocycles. The predicted octanol–water partition coefficient (Wildman–Crippen LogP) is 4.13. The van der Waals surface area contributed by atoms with Gasteiger partial charge in [-0.05, 0) is 49.6 Å². The maximum absolute atomic E-state index is 12.1. The fourth-order valence-electron chi connectivity index (χ4n) is 2.59. The molecule has 5 nitrogen and oxygen atoms in total. The second kappa shape index (κ2) is 9.15. The number of nitrogens with zero attached hydrogens (tertiary/aromatic N) is 1. The summed E-state index contributed by atoms with van der Waals surface area (Å²) in [6, 6.07) is 11.1. The van der Waals surface area contributed by atoms with Gasteiger partial charge < -0.3 is 5.32 Å². The molecule has 0 fully saturated rings. The summed E-state index contributed by atoms with van der Waals surface area (Å²) in [5.74, 6) is -0.514. The zero-order valence-corrected chi connectivity index (χ0v) is 15.9. The molecule has 6 heteroatoms. The van der Waals surface area contributed by atoms with E-state index in [9.17, 15) is 9.59 Å². The van der Waals surface area contributed by atoms with Gasteiger partial charge in [-0.25, -0.2) is 5.43 Å². The number of carbonyl (C=O) groups is 2. The lowest BCUT2D eigenvalue weighted by Gasteiger charge is -2.12. The second-order valence-corrected chi connectivity index (χ2v) is 6.60.